The van der Waals surface area contributed by atoms with E-state index in [1.165, 1.54) is 5.56 Å². The van der Waals surface area contributed by atoms with Gasteiger partial charge in [-0.1, -0.05) is 12.1 Å². The Morgan fingerprint density at radius 3 is 3.00 bits per heavy atom. The maximum absolute atomic E-state index is 5.72. The molecule has 2 heterocycles. The van der Waals surface area contributed by atoms with Gasteiger partial charge in [0, 0.05) is 23.2 Å². The lowest BCUT2D eigenvalue weighted by molar-refractivity contribution is 0.326. The molecule has 0 amide bonds. The molecule has 0 saturated heterocycles. The molecule has 0 saturated carbocycles. The summed E-state index contributed by atoms with van der Waals surface area (Å²) < 4.78 is 5.72. The zero-order chi connectivity index (χ0) is 11.0. The highest BCUT2D eigenvalue weighted by Gasteiger charge is 2.17. The molecule has 0 radical (unpaired) electrons. The molecule has 3 nitrogen and oxygen atoms in total. The summed E-state index contributed by atoms with van der Waals surface area (Å²) in [4.78, 5) is 8.63. The number of benzene rings is 1. The van der Waals surface area contributed by atoms with E-state index in [1.54, 1.807) is 6.33 Å². The molecule has 2 aromatic rings. The zero-order valence-corrected chi connectivity index (χ0v) is 9.10. The number of fused-ring (bicyclic) bond motifs is 3. The predicted molar refractivity (Wildman–Crippen MR) is 61.4 cm³/mol. The highest BCUT2D eigenvalue weighted by Crippen LogP contribution is 2.33. The van der Waals surface area contributed by atoms with Crippen LogP contribution in [-0.4, -0.2) is 16.6 Å². The van der Waals surface area contributed by atoms with E-state index in [2.05, 4.69) is 9.97 Å². The van der Waals surface area contributed by atoms with Gasteiger partial charge >= 0.3 is 0 Å². The van der Waals surface area contributed by atoms with E-state index < -0.39 is 0 Å². The minimum atomic E-state index is 0.693. The van der Waals surface area contributed by atoms with Crippen molar-refractivity contribution in [1.82, 2.24) is 9.97 Å². The molecule has 3 rings (SSSR count). The summed E-state index contributed by atoms with van der Waals surface area (Å²) in [5.41, 5.74) is 4.33. The molecule has 0 N–H and O–H groups in total. The van der Waals surface area contributed by atoms with Crippen molar-refractivity contribution in [2.75, 3.05) is 6.61 Å². The molecule has 0 bridgehead atoms. The molecule has 1 aliphatic rings. The number of ether oxygens (including phenoxy) is 1. The zero-order valence-electron chi connectivity index (χ0n) is 9.10. The summed E-state index contributed by atoms with van der Waals surface area (Å²) in [7, 11) is 0. The highest BCUT2D eigenvalue weighted by atomic mass is 16.5. The number of hydrogen-bond acceptors (Lipinski definition) is 3. The van der Waals surface area contributed by atoms with Crippen molar-refractivity contribution >= 4 is 0 Å². The Morgan fingerprint density at radius 2 is 2.06 bits per heavy atom. The Hall–Kier alpha value is -1.90. The molecule has 0 fully saturated rings. The topological polar surface area (TPSA) is 35.0 Å². The second-order valence-electron chi connectivity index (χ2n) is 3.88. The van der Waals surface area contributed by atoms with Crippen LogP contribution in [0.3, 0.4) is 0 Å². The molecule has 1 aromatic carbocycles. The van der Waals surface area contributed by atoms with Crippen molar-refractivity contribution in [3.8, 4) is 17.0 Å². The second-order valence-corrected chi connectivity index (χ2v) is 3.88. The summed E-state index contributed by atoms with van der Waals surface area (Å²) in [6.07, 6.45) is 2.49. The highest BCUT2D eigenvalue weighted by molar-refractivity contribution is 5.71. The molecule has 1 aliphatic heterocycles. The van der Waals surface area contributed by atoms with E-state index in [0.717, 1.165) is 29.1 Å². The number of para-hydroxylation sites is 1. The van der Waals surface area contributed by atoms with Crippen molar-refractivity contribution in [3.63, 3.8) is 0 Å². The summed E-state index contributed by atoms with van der Waals surface area (Å²) in [6, 6.07) is 8.03. The summed E-state index contributed by atoms with van der Waals surface area (Å²) in [5, 5.41) is 0. The van der Waals surface area contributed by atoms with E-state index in [4.69, 9.17) is 4.74 Å². The number of aromatic nitrogens is 2. The van der Waals surface area contributed by atoms with E-state index in [-0.39, 0.29) is 0 Å². The van der Waals surface area contributed by atoms with E-state index in [9.17, 15) is 0 Å². The molecule has 0 aliphatic carbocycles. The molecular weight excluding hydrogens is 200 g/mol. The molecule has 0 spiro atoms. The van der Waals surface area contributed by atoms with Gasteiger partial charge in [-0.3, -0.25) is 0 Å². The smallest absolute Gasteiger partial charge is 0.128 e. The number of aryl methyl sites for hydroxylation is 1. The van der Waals surface area contributed by atoms with Crippen LogP contribution in [0.2, 0.25) is 0 Å². The van der Waals surface area contributed by atoms with Gasteiger partial charge in [0.25, 0.3) is 0 Å². The number of nitrogens with zero attached hydrogens (tertiary/aromatic N) is 2. The maximum atomic E-state index is 5.72. The van der Waals surface area contributed by atoms with Gasteiger partial charge in [0.05, 0.1) is 12.3 Å². The standard InChI is InChI=1S/C13H12N2O/c1-9-10-6-7-16-12-5-3-2-4-11(12)13(10)15-8-14-9/h2-5,8H,6-7H2,1H3. The van der Waals surface area contributed by atoms with Crippen molar-refractivity contribution in [3.05, 3.63) is 41.9 Å². The van der Waals surface area contributed by atoms with Gasteiger partial charge in [-0.25, -0.2) is 9.97 Å². The SMILES string of the molecule is Cc1ncnc2c1CCOc1ccccc1-2. The molecular formula is C13H12N2O. The molecule has 16 heavy (non-hydrogen) atoms. The largest absolute Gasteiger partial charge is 0.493 e. The lowest BCUT2D eigenvalue weighted by Gasteiger charge is -2.07. The maximum Gasteiger partial charge on any atom is 0.128 e. The van der Waals surface area contributed by atoms with Crippen LogP contribution in [0.15, 0.2) is 30.6 Å². The number of hydrogen-bond donors (Lipinski definition) is 0. The molecule has 3 heteroatoms. The van der Waals surface area contributed by atoms with Gasteiger partial charge in [-0.2, -0.15) is 0 Å². The lowest BCUT2D eigenvalue weighted by Crippen LogP contribution is -2.02. The van der Waals surface area contributed by atoms with Crippen LogP contribution in [0, 0.1) is 6.92 Å². The van der Waals surface area contributed by atoms with Crippen LogP contribution < -0.4 is 4.74 Å². The van der Waals surface area contributed by atoms with Crippen LogP contribution in [0.4, 0.5) is 0 Å². The fourth-order valence-electron chi connectivity index (χ4n) is 2.08. The summed E-state index contributed by atoms with van der Waals surface area (Å²) in [5.74, 6) is 0.916. The Bertz CT molecular complexity index is 537. The predicted octanol–water partition coefficient (Wildman–Crippen LogP) is 2.39. The van der Waals surface area contributed by atoms with Crippen LogP contribution in [0.5, 0.6) is 5.75 Å². The van der Waals surface area contributed by atoms with Gasteiger partial charge in [0.15, 0.2) is 0 Å². The Morgan fingerprint density at radius 1 is 1.19 bits per heavy atom. The summed E-state index contributed by atoms with van der Waals surface area (Å²) in [6.45, 7) is 2.71. The van der Waals surface area contributed by atoms with Gasteiger partial charge in [-0.15, -0.1) is 0 Å². The molecule has 1 aromatic heterocycles. The molecule has 80 valence electrons. The molecule has 0 atom stereocenters. The third kappa shape index (κ3) is 1.36. The van der Waals surface area contributed by atoms with Crippen LogP contribution in [-0.2, 0) is 6.42 Å². The fraction of sp³-hybridized carbons (Fsp3) is 0.231. The quantitative estimate of drug-likeness (QED) is 0.672. The first-order valence-electron chi connectivity index (χ1n) is 5.39. The third-order valence-corrected chi connectivity index (χ3v) is 2.91. The minimum Gasteiger partial charge on any atom is -0.493 e. The normalized spacial score (nSPS) is 13.3. The van der Waals surface area contributed by atoms with E-state index in [1.807, 2.05) is 31.2 Å². The Kier molecular flexibility index (Phi) is 2.10. The van der Waals surface area contributed by atoms with Crippen LogP contribution in [0.1, 0.15) is 11.3 Å². The average Bonchev–Trinajstić information content (AvgIpc) is 2.50. The second kappa shape index (κ2) is 3.59. The summed E-state index contributed by atoms with van der Waals surface area (Å²) >= 11 is 0. The van der Waals surface area contributed by atoms with Crippen molar-refractivity contribution in [2.24, 2.45) is 0 Å². The van der Waals surface area contributed by atoms with Crippen molar-refractivity contribution in [2.45, 2.75) is 13.3 Å². The average molecular weight is 212 g/mol. The monoisotopic (exact) mass is 212 g/mol. The van der Waals surface area contributed by atoms with Gasteiger partial charge in [0.1, 0.15) is 12.1 Å². The van der Waals surface area contributed by atoms with Gasteiger partial charge in [-0.05, 0) is 19.1 Å². The van der Waals surface area contributed by atoms with Crippen molar-refractivity contribution in [1.29, 1.82) is 0 Å². The van der Waals surface area contributed by atoms with E-state index in [0.29, 0.717) is 6.61 Å². The Balaban J connectivity index is 2.30. The van der Waals surface area contributed by atoms with Crippen LogP contribution >= 0.6 is 0 Å². The first kappa shape index (κ1) is 9.33. The first-order chi connectivity index (χ1) is 7.86. The van der Waals surface area contributed by atoms with Gasteiger partial charge < -0.3 is 4.74 Å². The van der Waals surface area contributed by atoms with Crippen molar-refractivity contribution < 1.29 is 4.74 Å². The third-order valence-electron chi connectivity index (χ3n) is 2.91. The molecule has 0 unspecified atom stereocenters. The minimum absolute atomic E-state index is 0.693. The van der Waals surface area contributed by atoms with Crippen LogP contribution in [0.25, 0.3) is 11.3 Å². The van der Waals surface area contributed by atoms with E-state index >= 15 is 0 Å². The first-order valence-corrected chi connectivity index (χ1v) is 5.39. The number of rotatable bonds is 0. The van der Waals surface area contributed by atoms with Gasteiger partial charge in [0.2, 0.25) is 0 Å². The lowest BCUT2D eigenvalue weighted by atomic mass is 10.0. The Labute approximate surface area is 94.1 Å². The fourth-order valence-corrected chi connectivity index (χ4v) is 2.08.